The smallest absolute Gasteiger partial charge is 0.303 e. The Balaban J connectivity index is 2.39. The number of carboxylic acid groups (broad SMARTS) is 1. The topological polar surface area (TPSA) is 63.3 Å². The van der Waals surface area contributed by atoms with Crippen LogP contribution in [0.2, 0.25) is 5.02 Å². The Morgan fingerprint density at radius 2 is 2.33 bits per heavy atom. The zero-order valence-electron chi connectivity index (χ0n) is 7.74. The number of hydrogen-bond acceptors (Lipinski definition) is 3. The number of aliphatic carboxylic acids is 1. The molecule has 0 radical (unpaired) electrons. The van der Waals surface area contributed by atoms with Crippen LogP contribution >= 0.6 is 11.6 Å². The fourth-order valence-corrected chi connectivity index (χ4v) is 1.69. The van der Waals surface area contributed by atoms with Crippen LogP contribution in [0, 0.1) is 0 Å². The summed E-state index contributed by atoms with van der Waals surface area (Å²) in [5.41, 5.74) is 1.39. The van der Waals surface area contributed by atoms with Gasteiger partial charge in [-0.2, -0.15) is 0 Å². The molecule has 0 unspecified atom stereocenters. The minimum Gasteiger partial charge on any atom is -0.481 e. The molecule has 2 rings (SSSR count). The minimum absolute atomic E-state index is 0.0517. The van der Waals surface area contributed by atoms with Gasteiger partial charge >= 0.3 is 5.97 Å². The van der Waals surface area contributed by atoms with Crippen LogP contribution in [0.4, 0.5) is 0 Å². The van der Waals surface area contributed by atoms with Gasteiger partial charge in [0.1, 0.15) is 0 Å². The maximum absolute atomic E-state index is 10.5. The number of nitrogens with zero attached hydrogens (tertiary/aromatic N) is 1. The molecule has 15 heavy (non-hydrogen) atoms. The van der Waals surface area contributed by atoms with Gasteiger partial charge in [-0.05, 0) is 18.6 Å². The molecule has 0 aliphatic heterocycles. The van der Waals surface area contributed by atoms with Crippen molar-refractivity contribution < 1.29 is 14.4 Å². The van der Waals surface area contributed by atoms with Gasteiger partial charge in [0.25, 0.3) is 0 Å². The SMILES string of the molecule is O=C(O)CCc1cc(Cl)cc2cnoc12. The highest BCUT2D eigenvalue weighted by atomic mass is 35.5. The predicted octanol–water partition coefficient (Wildman–Crippen LogP) is 2.50. The summed E-state index contributed by atoms with van der Waals surface area (Å²) in [5, 5.41) is 13.6. The molecule has 0 bridgehead atoms. The summed E-state index contributed by atoms with van der Waals surface area (Å²) in [7, 11) is 0. The van der Waals surface area contributed by atoms with Crippen molar-refractivity contribution in [1.29, 1.82) is 0 Å². The average Bonchev–Trinajstić information content (AvgIpc) is 2.61. The first-order valence-corrected chi connectivity index (χ1v) is 4.79. The van der Waals surface area contributed by atoms with Crippen molar-refractivity contribution >= 4 is 28.5 Å². The quantitative estimate of drug-likeness (QED) is 0.872. The van der Waals surface area contributed by atoms with Gasteiger partial charge in [-0.3, -0.25) is 4.79 Å². The summed E-state index contributed by atoms with van der Waals surface area (Å²) in [6, 6.07) is 3.44. The Morgan fingerprint density at radius 1 is 1.53 bits per heavy atom. The maximum Gasteiger partial charge on any atom is 0.303 e. The van der Waals surface area contributed by atoms with Crippen molar-refractivity contribution in [3.8, 4) is 0 Å². The Bertz CT molecular complexity index is 506. The number of aromatic nitrogens is 1. The Labute approximate surface area is 90.4 Å². The molecule has 0 saturated carbocycles. The van der Waals surface area contributed by atoms with E-state index in [2.05, 4.69) is 5.16 Å². The largest absolute Gasteiger partial charge is 0.481 e. The molecule has 0 saturated heterocycles. The molecule has 2 aromatic rings. The molecule has 78 valence electrons. The molecule has 5 heteroatoms. The van der Waals surface area contributed by atoms with Crippen molar-refractivity contribution in [2.75, 3.05) is 0 Å². The van der Waals surface area contributed by atoms with Crippen LogP contribution in [0.15, 0.2) is 22.9 Å². The molecule has 0 fully saturated rings. The second-order valence-electron chi connectivity index (χ2n) is 3.20. The fraction of sp³-hybridized carbons (Fsp3) is 0.200. The lowest BCUT2D eigenvalue weighted by Crippen LogP contribution is -1.97. The lowest BCUT2D eigenvalue weighted by atomic mass is 10.1. The minimum atomic E-state index is -0.845. The van der Waals surface area contributed by atoms with E-state index in [1.165, 1.54) is 0 Å². The maximum atomic E-state index is 10.5. The summed E-state index contributed by atoms with van der Waals surface area (Å²) >= 11 is 5.88. The standard InChI is InChI=1S/C10H8ClNO3/c11-8-3-6(1-2-9(13)14)10-7(4-8)5-12-15-10/h3-5H,1-2H2,(H,13,14). The number of halogens is 1. The van der Waals surface area contributed by atoms with E-state index in [0.717, 1.165) is 10.9 Å². The van der Waals surface area contributed by atoms with Gasteiger partial charge < -0.3 is 9.63 Å². The van der Waals surface area contributed by atoms with Crippen molar-refractivity contribution in [1.82, 2.24) is 5.16 Å². The summed E-state index contributed by atoms with van der Waals surface area (Å²) in [5.74, 6) is -0.845. The Hall–Kier alpha value is -1.55. The molecule has 0 aliphatic rings. The van der Waals surface area contributed by atoms with Crippen LogP contribution in [-0.4, -0.2) is 16.2 Å². The van der Waals surface area contributed by atoms with Crippen LogP contribution in [0.1, 0.15) is 12.0 Å². The second-order valence-corrected chi connectivity index (χ2v) is 3.64. The van der Waals surface area contributed by atoms with Crippen LogP contribution in [0.3, 0.4) is 0 Å². The Kier molecular flexibility index (Phi) is 2.60. The van der Waals surface area contributed by atoms with Crippen LogP contribution in [0.25, 0.3) is 11.0 Å². The van der Waals surface area contributed by atoms with Crippen molar-refractivity contribution in [3.05, 3.63) is 28.9 Å². The number of aryl methyl sites for hydroxylation is 1. The van der Waals surface area contributed by atoms with Crippen LogP contribution in [-0.2, 0) is 11.2 Å². The van der Waals surface area contributed by atoms with E-state index in [-0.39, 0.29) is 6.42 Å². The van der Waals surface area contributed by atoms with E-state index >= 15 is 0 Å². The second kappa shape index (κ2) is 3.90. The first-order valence-electron chi connectivity index (χ1n) is 4.41. The summed E-state index contributed by atoms with van der Waals surface area (Å²) in [6.07, 6.45) is 2.00. The fourth-order valence-electron chi connectivity index (χ4n) is 1.44. The number of carbonyl (C=O) groups is 1. The van der Waals surface area contributed by atoms with Crippen LogP contribution in [0.5, 0.6) is 0 Å². The third-order valence-electron chi connectivity index (χ3n) is 2.10. The molecular formula is C10H8ClNO3. The normalized spacial score (nSPS) is 10.7. The molecule has 0 atom stereocenters. The summed E-state index contributed by atoms with van der Waals surface area (Å²) in [6.45, 7) is 0. The highest BCUT2D eigenvalue weighted by Gasteiger charge is 2.09. The molecule has 1 N–H and O–H groups in total. The molecule has 1 aromatic carbocycles. The van der Waals surface area contributed by atoms with Gasteiger partial charge in [-0.25, -0.2) is 0 Å². The first-order chi connectivity index (χ1) is 7.16. The first kappa shape index (κ1) is 9.98. The summed E-state index contributed by atoms with van der Waals surface area (Å²) < 4.78 is 5.03. The predicted molar refractivity (Wildman–Crippen MR) is 55.0 cm³/mol. The van der Waals surface area contributed by atoms with Gasteiger partial charge in [0.2, 0.25) is 0 Å². The monoisotopic (exact) mass is 225 g/mol. The molecular weight excluding hydrogens is 218 g/mol. The number of rotatable bonds is 3. The van der Waals surface area contributed by atoms with E-state index in [4.69, 9.17) is 21.2 Å². The highest BCUT2D eigenvalue weighted by Crippen LogP contribution is 2.24. The van der Waals surface area contributed by atoms with Crippen LogP contribution < -0.4 is 0 Å². The van der Waals surface area contributed by atoms with E-state index in [0.29, 0.717) is 17.0 Å². The third-order valence-corrected chi connectivity index (χ3v) is 2.32. The van der Waals surface area contributed by atoms with Crippen molar-refractivity contribution in [2.45, 2.75) is 12.8 Å². The highest BCUT2D eigenvalue weighted by molar-refractivity contribution is 6.31. The lowest BCUT2D eigenvalue weighted by Gasteiger charge is -2.00. The zero-order valence-corrected chi connectivity index (χ0v) is 8.49. The van der Waals surface area contributed by atoms with Crippen molar-refractivity contribution in [2.24, 2.45) is 0 Å². The van der Waals surface area contributed by atoms with Crippen molar-refractivity contribution in [3.63, 3.8) is 0 Å². The molecule has 0 spiro atoms. The van der Waals surface area contributed by atoms with Gasteiger partial charge in [0.15, 0.2) is 5.58 Å². The lowest BCUT2D eigenvalue weighted by molar-refractivity contribution is -0.136. The van der Waals surface area contributed by atoms with E-state index < -0.39 is 5.97 Å². The number of hydrogen-bond donors (Lipinski definition) is 1. The van der Waals surface area contributed by atoms with Gasteiger partial charge in [0.05, 0.1) is 6.20 Å². The molecule has 1 aromatic heterocycles. The molecule has 0 amide bonds. The molecule has 1 heterocycles. The third kappa shape index (κ3) is 2.10. The van der Waals surface area contributed by atoms with Gasteiger partial charge in [-0.1, -0.05) is 16.8 Å². The van der Waals surface area contributed by atoms with E-state index in [1.54, 1.807) is 18.3 Å². The Morgan fingerprint density at radius 3 is 3.07 bits per heavy atom. The van der Waals surface area contributed by atoms with Gasteiger partial charge in [-0.15, -0.1) is 0 Å². The number of benzene rings is 1. The molecule has 4 nitrogen and oxygen atoms in total. The summed E-state index contributed by atoms with van der Waals surface area (Å²) in [4.78, 5) is 10.5. The van der Waals surface area contributed by atoms with E-state index in [1.807, 2.05) is 0 Å². The van der Waals surface area contributed by atoms with E-state index in [9.17, 15) is 4.79 Å². The van der Waals surface area contributed by atoms with Gasteiger partial charge in [0, 0.05) is 22.4 Å². The number of carboxylic acids is 1. The zero-order chi connectivity index (χ0) is 10.8. The molecule has 0 aliphatic carbocycles. The average molecular weight is 226 g/mol. The number of fused-ring (bicyclic) bond motifs is 1.